The fraction of sp³-hybridized carbons (Fsp3) is 0.250. The number of aryl methyl sites for hydroxylation is 1. The molecule has 2 rings (SSSR count). The van der Waals surface area contributed by atoms with Gasteiger partial charge in [-0.05, 0) is 35.7 Å². The summed E-state index contributed by atoms with van der Waals surface area (Å²) in [6.45, 7) is 2.11. The first kappa shape index (κ1) is 15.2. The standard InChI is InChI=1S/C16H18ClNOS/c1-2-12-6-8-13(9-7-12)16(18)11-20(19)15-5-3-4-14(17)10-15/h3-10,16H,2,11,18H2,1H3. The fourth-order valence-corrected chi connectivity index (χ4v) is 3.42. The Hall–Kier alpha value is -1.16. The van der Waals surface area contributed by atoms with Crippen molar-refractivity contribution in [2.75, 3.05) is 5.75 Å². The molecule has 2 aromatic carbocycles. The van der Waals surface area contributed by atoms with Crippen LogP contribution in [0.4, 0.5) is 0 Å². The molecule has 0 aliphatic rings. The lowest BCUT2D eigenvalue weighted by molar-refractivity contribution is 0.675. The van der Waals surface area contributed by atoms with Gasteiger partial charge in [-0.2, -0.15) is 0 Å². The van der Waals surface area contributed by atoms with E-state index in [4.69, 9.17) is 17.3 Å². The molecule has 0 saturated heterocycles. The van der Waals surface area contributed by atoms with Crippen LogP contribution in [0.3, 0.4) is 0 Å². The van der Waals surface area contributed by atoms with E-state index in [1.54, 1.807) is 18.2 Å². The Balaban J connectivity index is 2.06. The molecule has 0 bridgehead atoms. The summed E-state index contributed by atoms with van der Waals surface area (Å²) in [6.07, 6.45) is 1.00. The number of hydrogen-bond donors (Lipinski definition) is 1. The van der Waals surface area contributed by atoms with Gasteiger partial charge < -0.3 is 5.73 Å². The van der Waals surface area contributed by atoms with Crippen LogP contribution in [0.25, 0.3) is 0 Å². The van der Waals surface area contributed by atoms with E-state index < -0.39 is 10.8 Å². The Morgan fingerprint density at radius 2 is 1.90 bits per heavy atom. The highest BCUT2D eigenvalue weighted by molar-refractivity contribution is 7.85. The fourth-order valence-electron chi connectivity index (χ4n) is 1.96. The van der Waals surface area contributed by atoms with Crippen LogP contribution in [0.15, 0.2) is 53.4 Å². The molecule has 2 N–H and O–H groups in total. The van der Waals surface area contributed by atoms with Crippen molar-refractivity contribution in [1.82, 2.24) is 0 Å². The van der Waals surface area contributed by atoms with Crippen LogP contribution >= 0.6 is 11.6 Å². The minimum Gasteiger partial charge on any atom is -0.323 e. The first-order valence-corrected chi connectivity index (χ1v) is 8.28. The Bertz CT molecular complexity index is 598. The van der Waals surface area contributed by atoms with Gasteiger partial charge in [0.05, 0.1) is 10.8 Å². The zero-order valence-electron chi connectivity index (χ0n) is 11.4. The summed E-state index contributed by atoms with van der Waals surface area (Å²) >= 11 is 5.91. The normalized spacial score (nSPS) is 13.9. The van der Waals surface area contributed by atoms with Crippen molar-refractivity contribution in [1.29, 1.82) is 0 Å². The average molecular weight is 308 g/mol. The Morgan fingerprint density at radius 3 is 2.50 bits per heavy atom. The lowest BCUT2D eigenvalue weighted by atomic mass is 10.1. The zero-order chi connectivity index (χ0) is 14.5. The van der Waals surface area contributed by atoms with Crippen LogP contribution < -0.4 is 5.73 Å². The highest BCUT2D eigenvalue weighted by Gasteiger charge is 2.12. The Labute approximate surface area is 127 Å². The predicted molar refractivity (Wildman–Crippen MR) is 85.5 cm³/mol. The van der Waals surface area contributed by atoms with E-state index in [0.717, 1.165) is 16.9 Å². The summed E-state index contributed by atoms with van der Waals surface area (Å²) in [5, 5.41) is 0.594. The molecule has 2 aromatic rings. The number of benzene rings is 2. The van der Waals surface area contributed by atoms with E-state index >= 15 is 0 Å². The molecule has 0 spiro atoms. The van der Waals surface area contributed by atoms with Gasteiger partial charge in [-0.25, -0.2) is 0 Å². The third-order valence-corrected chi connectivity index (χ3v) is 4.88. The molecule has 0 aliphatic heterocycles. The largest absolute Gasteiger partial charge is 0.323 e. The second-order valence-electron chi connectivity index (χ2n) is 4.67. The Kier molecular flexibility index (Phi) is 5.35. The number of rotatable bonds is 5. The van der Waals surface area contributed by atoms with Crippen molar-refractivity contribution in [2.24, 2.45) is 5.73 Å². The van der Waals surface area contributed by atoms with Gasteiger partial charge in [0.1, 0.15) is 0 Å². The zero-order valence-corrected chi connectivity index (χ0v) is 13.0. The SMILES string of the molecule is CCc1ccc(C(N)CS(=O)c2cccc(Cl)c2)cc1. The highest BCUT2D eigenvalue weighted by Crippen LogP contribution is 2.18. The summed E-state index contributed by atoms with van der Waals surface area (Å²) in [7, 11) is -1.14. The highest BCUT2D eigenvalue weighted by atomic mass is 35.5. The lowest BCUT2D eigenvalue weighted by Gasteiger charge is -2.12. The van der Waals surface area contributed by atoms with Crippen LogP contribution in [0.5, 0.6) is 0 Å². The molecular formula is C16H18ClNOS. The smallest absolute Gasteiger partial charge is 0.0549 e. The van der Waals surface area contributed by atoms with E-state index in [9.17, 15) is 4.21 Å². The molecule has 4 heteroatoms. The van der Waals surface area contributed by atoms with Gasteiger partial charge in [-0.15, -0.1) is 0 Å². The van der Waals surface area contributed by atoms with Gasteiger partial charge in [-0.3, -0.25) is 4.21 Å². The van der Waals surface area contributed by atoms with E-state index in [2.05, 4.69) is 19.1 Å². The van der Waals surface area contributed by atoms with Crippen LogP contribution in [-0.2, 0) is 17.2 Å². The van der Waals surface area contributed by atoms with Crippen molar-refractivity contribution in [3.05, 3.63) is 64.7 Å². The van der Waals surface area contributed by atoms with Crippen LogP contribution in [-0.4, -0.2) is 9.96 Å². The molecule has 2 atom stereocenters. The molecule has 0 fully saturated rings. The molecule has 0 aromatic heterocycles. The lowest BCUT2D eigenvalue weighted by Crippen LogP contribution is -2.18. The van der Waals surface area contributed by atoms with Gasteiger partial charge in [0.2, 0.25) is 0 Å². The maximum absolute atomic E-state index is 12.3. The first-order chi connectivity index (χ1) is 9.60. The molecule has 2 unspecified atom stereocenters. The number of halogens is 1. The molecule has 0 heterocycles. The second kappa shape index (κ2) is 7.02. The summed E-state index contributed by atoms with van der Waals surface area (Å²) in [6, 6.07) is 15.0. The van der Waals surface area contributed by atoms with E-state index in [1.165, 1.54) is 5.56 Å². The molecule has 0 radical (unpaired) electrons. The summed E-state index contributed by atoms with van der Waals surface area (Å²) < 4.78 is 12.3. The van der Waals surface area contributed by atoms with Gasteiger partial charge in [0, 0.05) is 21.7 Å². The summed E-state index contributed by atoms with van der Waals surface area (Å²) in [4.78, 5) is 0.720. The van der Waals surface area contributed by atoms with E-state index in [1.807, 2.05) is 18.2 Å². The molecular weight excluding hydrogens is 290 g/mol. The van der Waals surface area contributed by atoms with Crippen LogP contribution in [0.1, 0.15) is 24.1 Å². The molecule has 0 aliphatic carbocycles. The second-order valence-corrected chi connectivity index (χ2v) is 6.60. The molecule has 2 nitrogen and oxygen atoms in total. The van der Waals surface area contributed by atoms with Gasteiger partial charge >= 0.3 is 0 Å². The Morgan fingerprint density at radius 1 is 1.20 bits per heavy atom. The van der Waals surface area contributed by atoms with Gasteiger partial charge in [0.15, 0.2) is 0 Å². The van der Waals surface area contributed by atoms with E-state index in [-0.39, 0.29) is 6.04 Å². The van der Waals surface area contributed by atoms with Crippen molar-refractivity contribution >= 4 is 22.4 Å². The van der Waals surface area contributed by atoms with Crippen LogP contribution in [0, 0.1) is 0 Å². The van der Waals surface area contributed by atoms with Crippen LogP contribution in [0.2, 0.25) is 5.02 Å². The number of nitrogens with two attached hydrogens (primary N) is 1. The molecule has 0 saturated carbocycles. The average Bonchev–Trinajstić information content (AvgIpc) is 2.47. The molecule has 20 heavy (non-hydrogen) atoms. The van der Waals surface area contributed by atoms with Gasteiger partial charge in [0.25, 0.3) is 0 Å². The van der Waals surface area contributed by atoms with Crippen molar-refractivity contribution in [3.63, 3.8) is 0 Å². The minimum atomic E-state index is -1.14. The van der Waals surface area contributed by atoms with Gasteiger partial charge in [-0.1, -0.05) is 48.9 Å². The maximum atomic E-state index is 12.3. The van der Waals surface area contributed by atoms with Crippen molar-refractivity contribution in [3.8, 4) is 0 Å². The van der Waals surface area contributed by atoms with Crippen molar-refractivity contribution in [2.45, 2.75) is 24.3 Å². The minimum absolute atomic E-state index is 0.235. The first-order valence-electron chi connectivity index (χ1n) is 6.58. The monoisotopic (exact) mass is 307 g/mol. The molecule has 0 amide bonds. The topological polar surface area (TPSA) is 43.1 Å². The maximum Gasteiger partial charge on any atom is 0.0549 e. The number of hydrogen-bond acceptors (Lipinski definition) is 2. The summed E-state index contributed by atoms with van der Waals surface area (Å²) in [5.74, 6) is 0.395. The van der Waals surface area contributed by atoms with Crippen molar-refractivity contribution < 1.29 is 4.21 Å². The third kappa shape index (κ3) is 3.92. The summed E-state index contributed by atoms with van der Waals surface area (Å²) in [5.41, 5.74) is 8.42. The third-order valence-electron chi connectivity index (χ3n) is 3.21. The van der Waals surface area contributed by atoms with E-state index in [0.29, 0.717) is 10.8 Å². The predicted octanol–water partition coefficient (Wildman–Crippen LogP) is 3.71. The molecule has 106 valence electrons. The quantitative estimate of drug-likeness (QED) is 0.915.